The third kappa shape index (κ3) is 3.93. The second-order valence-electron chi connectivity index (χ2n) is 8.66. The Hall–Kier alpha value is -2.48. The van der Waals surface area contributed by atoms with Crippen molar-refractivity contribution in [2.45, 2.75) is 50.6 Å². The molecule has 0 radical (unpaired) electrons. The zero-order valence-electron chi connectivity index (χ0n) is 17.8. The van der Waals surface area contributed by atoms with E-state index in [0.717, 1.165) is 51.0 Å². The summed E-state index contributed by atoms with van der Waals surface area (Å²) in [6.45, 7) is 3.52. The van der Waals surface area contributed by atoms with Crippen LogP contribution >= 0.6 is 0 Å². The number of carbonyl (C=O) groups excluding carboxylic acids is 3. The number of amides is 4. The van der Waals surface area contributed by atoms with Crippen molar-refractivity contribution in [2.24, 2.45) is 0 Å². The molecule has 3 heterocycles. The third-order valence-electron chi connectivity index (χ3n) is 6.83. The Morgan fingerprint density at radius 3 is 2.57 bits per heavy atom. The van der Waals surface area contributed by atoms with Crippen LogP contribution in [0, 0.1) is 0 Å². The lowest BCUT2D eigenvalue weighted by Gasteiger charge is -2.35. The van der Waals surface area contributed by atoms with Crippen molar-refractivity contribution < 1.29 is 14.4 Å². The van der Waals surface area contributed by atoms with Crippen molar-refractivity contribution in [3.63, 3.8) is 0 Å². The van der Waals surface area contributed by atoms with Gasteiger partial charge < -0.3 is 9.80 Å². The summed E-state index contributed by atoms with van der Waals surface area (Å²) in [5.41, 5.74) is 0.291. The molecule has 2 aliphatic heterocycles. The number of imide groups is 1. The molecule has 3 aliphatic rings. The van der Waals surface area contributed by atoms with Gasteiger partial charge in [0.15, 0.2) is 0 Å². The van der Waals surface area contributed by atoms with Gasteiger partial charge in [0, 0.05) is 46.0 Å². The lowest BCUT2D eigenvalue weighted by Crippen LogP contribution is -2.49. The first-order chi connectivity index (χ1) is 14.5. The molecule has 0 N–H and O–H groups in total. The molecule has 1 aromatic rings. The molecule has 0 aromatic carbocycles. The lowest BCUT2D eigenvalue weighted by atomic mass is 9.81. The zero-order valence-corrected chi connectivity index (χ0v) is 17.8. The number of urea groups is 1. The van der Waals surface area contributed by atoms with Crippen LogP contribution in [-0.2, 0) is 16.1 Å². The van der Waals surface area contributed by atoms with Crippen LogP contribution in [-0.4, -0.2) is 87.7 Å². The van der Waals surface area contributed by atoms with Gasteiger partial charge in [0.1, 0.15) is 12.1 Å². The van der Waals surface area contributed by atoms with Crippen LogP contribution < -0.4 is 0 Å². The Kier molecular flexibility index (Phi) is 6.04. The summed E-state index contributed by atoms with van der Waals surface area (Å²) in [6.07, 6.45) is 7.05. The van der Waals surface area contributed by atoms with E-state index in [1.165, 1.54) is 4.90 Å². The molecule has 4 amide bonds. The van der Waals surface area contributed by atoms with Crippen LogP contribution in [0.15, 0.2) is 24.4 Å². The van der Waals surface area contributed by atoms with Crippen molar-refractivity contribution in [3.8, 4) is 0 Å². The predicted octanol–water partition coefficient (Wildman–Crippen LogP) is 1.71. The molecule has 1 aliphatic carbocycles. The van der Waals surface area contributed by atoms with E-state index in [2.05, 4.69) is 9.88 Å². The van der Waals surface area contributed by atoms with Gasteiger partial charge in [-0.25, -0.2) is 4.79 Å². The number of nitrogens with zero attached hydrogens (tertiary/aromatic N) is 5. The maximum Gasteiger partial charge on any atom is 0.327 e. The van der Waals surface area contributed by atoms with Gasteiger partial charge in [-0.1, -0.05) is 25.3 Å². The van der Waals surface area contributed by atoms with Crippen molar-refractivity contribution in [2.75, 3.05) is 39.8 Å². The van der Waals surface area contributed by atoms with Crippen molar-refractivity contribution in [1.29, 1.82) is 0 Å². The standard InChI is InChI=1S/C22H31N5O3/c1-24-21(30)27(20(29)22(24)9-4-2-5-10-22)17-19(28)26-13-7-12-25(14-15-26)16-18-8-3-6-11-23-18/h3,6,8,11H,2,4-5,7,9-10,12-17H2,1H3. The maximum absolute atomic E-state index is 13.1. The Morgan fingerprint density at radius 1 is 1.03 bits per heavy atom. The summed E-state index contributed by atoms with van der Waals surface area (Å²) in [7, 11) is 1.71. The minimum absolute atomic E-state index is 0.141. The maximum atomic E-state index is 13.1. The highest BCUT2D eigenvalue weighted by Gasteiger charge is 2.56. The number of pyridine rings is 1. The Labute approximate surface area is 177 Å². The Morgan fingerprint density at radius 2 is 1.83 bits per heavy atom. The quantitative estimate of drug-likeness (QED) is 0.703. The normalized spacial score (nSPS) is 22.6. The van der Waals surface area contributed by atoms with Crippen LogP contribution in [0.5, 0.6) is 0 Å². The predicted molar refractivity (Wildman–Crippen MR) is 111 cm³/mol. The monoisotopic (exact) mass is 413 g/mol. The number of hydrogen-bond acceptors (Lipinski definition) is 5. The molecule has 162 valence electrons. The van der Waals surface area contributed by atoms with E-state index in [0.29, 0.717) is 25.9 Å². The highest BCUT2D eigenvalue weighted by molar-refractivity contribution is 6.08. The van der Waals surface area contributed by atoms with Gasteiger partial charge >= 0.3 is 6.03 Å². The molecule has 2 saturated heterocycles. The first-order valence-corrected chi connectivity index (χ1v) is 11.0. The van der Waals surface area contributed by atoms with Gasteiger partial charge in [-0.3, -0.25) is 24.4 Å². The minimum atomic E-state index is -0.728. The van der Waals surface area contributed by atoms with E-state index in [1.807, 2.05) is 18.2 Å². The smallest absolute Gasteiger partial charge is 0.327 e. The SMILES string of the molecule is CN1C(=O)N(CC(=O)N2CCCN(Cc3ccccn3)CC2)C(=O)C12CCCCC2. The summed E-state index contributed by atoms with van der Waals surface area (Å²) in [5.74, 6) is -0.327. The van der Waals surface area contributed by atoms with E-state index >= 15 is 0 Å². The molecule has 3 fully saturated rings. The van der Waals surface area contributed by atoms with Gasteiger partial charge in [0.2, 0.25) is 5.91 Å². The number of likely N-dealkylation sites (N-methyl/N-ethyl adjacent to an activating group) is 1. The largest absolute Gasteiger partial charge is 0.340 e. The molecular weight excluding hydrogens is 382 g/mol. The Balaban J connectivity index is 1.36. The molecule has 4 rings (SSSR count). The van der Waals surface area contributed by atoms with E-state index in [9.17, 15) is 14.4 Å². The Bertz CT molecular complexity index is 793. The lowest BCUT2D eigenvalue weighted by molar-refractivity contribution is -0.140. The van der Waals surface area contributed by atoms with Gasteiger partial charge in [-0.15, -0.1) is 0 Å². The second-order valence-corrected chi connectivity index (χ2v) is 8.66. The number of rotatable bonds is 4. The summed E-state index contributed by atoms with van der Waals surface area (Å²) in [5, 5.41) is 0. The first-order valence-electron chi connectivity index (χ1n) is 11.0. The molecule has 1 spiro atoms. The number of hydrogen-bond donors (Lipinski definition) is 0. The van der Waals surface area contributed by atoms with Crippen LogP contribution in [0.4, 0.5) is 4.79 Å². The fourth-order valence-electron chi connectivity index (χ4n) is 5.01. The average Bonchev–Trinajstić information content (AvgIpc) is 2.96. The van der Waals surface area contributed by atoms with E-state index in [-0.39, 0.29) is 24.4 Å². The molecule has 0 bridgehead atoms. The van der Waals surface area contributed by atoms with E-state index < -0.39 is 5.54 Å². The molecule has 0 atom stereocenters. The van der Waals surface area contributed by atoms with Crippen LogP contribution in [0.1, 0.15) is 44.2 Å². The van der Waals surface area contributed by atoms with Crippen molar-refractivity contribution >= 4 is 17.8 Å². The fourth-order valence-corrected chi connectivity index (χ4v) is 5.01. The van der Waals surface area contributed by atoms with Crippen molar-refractivity contribution in [3.05, 3.63) is 30.1 Å². The van der Waals surface area contributed by atoms with Gasteiger partial charge in [-0.2, -0.15) is 0 Å². The number of aromatic nitrogens is 1. The summed E-state index contributed by atoms with van der Waals surface area (Å²) in [6, 6.07) is 5.57. The van der Waals surface area contributed by atoms with Gasteiger partial charge in [-0.05, 0) is 31.4 Å². The summed E-state index contributed by atoms with van der Waals surface area (Å²) in [4.78, 5) is 50.1. The molecular formula is C22H31N5O3. The highest BCUT2D eigenvalue weighted by Crippen LogP contribution is 2.39. The molecule has 1 aromatic heterocycles. The molecule has 8 heteroatoms. The van der Waals surface area contributed by atoms with Crippen LogP contribution in [0.2, 0.25) is 0 Å². The first kappa shape index (κ1) is 20.8. The summed E-state index contributed by atoms with van der Waals surface area (Å²) < 4.78 is 0. The van der Waals surface area contributed by atoms with Crippen molar-refractivity contribution in [1.82, 2.24) is 24.6 Å². The molecule has 8 nitrogen and oxygen atoms in total. The van der Waals surface area contributed by atoms with Gasteiger partial charge in [0.25, 0.3) is 5.91 Å². The molecule has 30 heavy (non-hydrogen) atoms. The third-order valence-corrected chi connectivity index (χ3v) is 6.83. The number of carbonyl (C=O) groups is 3. The van der Waals surface area contributed by atoms with Crippen LogP contribution in [0.3, 0.4) is 0 Å². The topological polar surface area (TPSA) is 77.1 Å². The van der Waals surface area contributed by atoms with E-state index in [1.54, 1.807) is 23.0 Å². The zero-order chi connectivity index (χ0) is 21.1. The molecule has 0 unspecified atom stereocenters. The fraction of sp³-hybridized carbons (Fsp3) is 0.636. The van der Waals surface area contributed by atoms with Gasteiger partial charge in [0.05, 0.1) is 5.69 Å². The highest BCUT2D eigenvalue weighted by atomic mass is 16.2. The average molecular weight is 414 g/mol. The van der Waals surface area contributed by atoms with Crippen LogP contribution in [0.25, 0.3) is 0 Å². The second kappa shape index (κ2) is 8.71. The molecule has 1 saturated carbocycles. The minimum Gasteiger partial charge on any atom is -0.340 e. The summed E-state index contributed by atoms with van der Waals surface area (Å²) >= 11 is 0. The van der Waals surface area contributed by atoms with E-state index in [4.69, 9.17) is 0 Å².